The Hall–Kier alpha value is -1.01. The number of halogens is 2. The fourth-order valence-electron chi connectivity index (χ4n) is 1.70. The van der Waals surface area contributed by atoms with Gasteiger partial charge in [0.1, 0.15) is 5.69 Å². The zero-order chi connectivity index (χ0) is 12.4. The summed E-state index contributed by atoms with van der Waals surface area (Å²) in [6.07, 6.45) is 0.879. The van der Waals surface area contributed by atoms with E-state index in [0.29, 0.717) is 0 Å². The van der Waals surface area contributed by atoms with Crippen molar-refractivity contribution in [2.75, 3.05) is 16.8 Å². The molecule has 1 unspecified atom stereocenters. The van der Waals surface area contributed by atoms with Crippen molar-refractivity contribution in [2.24, 2.45) is 0 Å². The summed E-state index contributed by atoms with van der Waals surface area (Å²) in [6.45, 7) is 0. The van der Waals surface area contributed by atoms with Gasteiger partial charge in [-0.15, -0.1) is 0 Å². The third-order valence-electron chi connectivity index (χ3n) is 2.51. The molecule has 1 fully saturated rings. The Labute approximate surface area is 107 Å². The van der Waals surface area contributed by atoms with Crippen molar-refractivity contribution in [2.45, 2.75) is 12.5 Å². The topological polar surface area (TPSA) is 55.2 Å². The molecule has 2 rings (SSSR count). The molecule has 7 heteroatoms. The number of hydrogen-bond acceptors (Lipinski definition) is 4. The van der Waals surface area contributed by atoms with Crippen LogP contribution < -0.4 is 5.32 Å². The predicted octanol–water partition coefficient (Wildman–Crippen LogP) is 3.30. The smallest absolute Gasteiger partial charge is 0.296 e. The van der Waals surface area contributed by atoms with E-state index in [1.54, 1.807) is 11.8 Å². The quantitative estimate of drug-likeness (QED) is 0.680. The number of nitro groups is 1. The molecule has 92 valence electrons. The van der Waals surface area contributed by atoms with E-state index in [0.717, 1.165) is 30.1 Å². The van der Waals surface area contributed by atoms with E-state index in [9.17, 15) is 14.5 Å². The van der Waals surface area contributed by atoms with E-state index >= 15 is 0 Å². The number of nitrogens with zero attached hydrogens (tertiary/aromatic N) is 1. The molecule has 1 heterocycles. The van der Waals surface area contributed by atoms with Crippen LogP contribution in [0.25, 0.3) is 0 Å². The van der Waals surface area contributed by atoms with Crippen molar-refractivity contribution < 1.29 is 9.31 Å². The molecule has 0 radical (unpaired) electrons. The third kappa shape index (κ3) is 2.81. The summed E-state index contributed by atoms with van der Waals surface area (Å²) in [6, 6.07) is 2.32. The first-order chi connectivity index (χ1) is 8.08. The lowest BCUT2D eigenvalue weighted by atomic mass is 10.2. The zero-order valence-corrected chi connectivity index (χ0v) is 10.4. The molecule has 1 N–H and O–H groups in total. The molecule has 0 bridgehead atoms. The number of hydrogen-bond donors (Lipinski definition) is 1. The first kappa shape index (κ1) is 12.4. The lowest BCUT2D eigenvalue weighted by molar-refractivity contribution is -0.384. The van der Waals surface area contributed by atoms with Crippen LogP contribution >= 0.6 is 23.4 Å². The summed E-state index contributed by atoms with van der Waals surface area (Å²) < 4.78 is 13.7. The van der Waals surface area contributed by atoms with Crippen LogP contribution in [0, 0.1) is 15.9 Å². The molecule has 1 aromatic carbocycles. The van der Waals surface area contributed by atoms with Crippen LogP contribution in [0.4, 0.5) is 15.8 Å². The molecule has 1 saturated heterocycles. The summed E-state index contributed by atoms with van der Waals surface area (Å²) in [4.78, 5) is 10.2. The summed E-state index contributed by atoms with van der Waals surface area (Å²) in [7, 11) is 0. The molecule has 0 aliphatic carbocycles. The van der Waals surface area contributed by atoms with E-state index < -0.39 is 10.7 Å². The van der Waals surface area contributed by atoms with Crippen LogP contribution in [0.2, 0.25) is 5.02 Å². The average Bonchev–Trinajstić information content (AvgIpc) is 2.74. The SMILES string of the molecule is O=[N+]([O-])c1cc(Cl)cc(F)c1NC1CCSC1. The van der Waals surface area contributed by atoms with E-state index in [2.05, 4.69) is 5.32 Å². The van der Waals surface area contributed by atoms with Gasteiger partial charge in [0.15, 0.2) is 5.82 Å². The molecular weight excluding hydrogens is 267 g/mol. The number of thioether (sulfide) groups is 1. The number of rotatable bonds is 3. The Morgan fingerprint density at radius 3 is 2.94 bits per heavy atom. The zero-order valence-electron chi connectivity index (χ0n) is 8.78. The van der Waals surface area contributed by atoms with Crippen LogP contribution in [0.1, 0.15) is 6.42 Å². The van der Waals surface area contributed by atoms with Crippen molar-refractivity contribution in [3.8, 4) is 0 Å². The van der Waals surface area contributed by atoms with Gasteiger partial charge in [-0.1, -0.05) is 11.6 Å². The fourth-order valence-corrected chi connectivity index (χ4v) is 3.05. The van der Waals surface area contributed by atoms with Crippen LogP contribution in [0.3, 0.4) is 0 Å². The molecule has 0 saturated carbocycles. The maximum absolute atomic E-state index is 13.7. The highest BCUT2D eigenvalue weighted by atomic mass is 35.5. The van der Waals surface area contributed by atoms with Crippen molar-refractivity contribution in [3.63, 3.8) is 0 Å². The Kier molecular flexibility index (Phi) is 3.73. The second kappa shape index (κ2) is 5.10. The second-order valence-electron chi connectivity index (χ2n) is 3.74. The van der Waals surface area contributed by atoms with Gasteiger partial charge in [-0.05, 0) is 18.2 Å². The highest BCUT2D eigenvalue weighted by Crippen LogP contribution is 2.33. The molecular formula is C10H10ClFN2O2S. The van der Waals surface area contributed by atoms with E-state index in [-0.39, 0.29) is 22.4 Å². The molecule has 1 aromatic rings. The van der Waals surface area contributed by atoms with Gasteiger partial charge in [0.2, 0.25) is 0 Å². The van der Waals surface area contributed by atoms with Gasteiger partial charge in [-0.3, -0.25) is 10.1 Å². The highest BCUT2D eigenvalue weighted by Gasteiger charge is 2.24. The van der Waals surface area contributed by atoms with Crippen molar-refractivity contribution in [3.05, 3.63) is 33.1 Å². The first-order valence-electron chi connectivity index (χ1n) is 5.05. The lowest BCUT2D eigenvalue weighted by Gasteiger charge is -2.13. The summed E-state index contributed by atoms with van der Waals surface area (Å²) in [5, 5.41) is 13.8. The van der Waals surface area contributed by atoms with Gasteiger partial charge in [0.05, 0.1) is 9.95 Å². The Balaban J connectivity index is 2.33. The summed E-state index contributed by atoms with van der Waals surface area (Å²) in [5.41, 5.74) is -0.376. The molecule has 1 aliphatic heterocycles. The van der Waals surface area contributed by atoms with Crippen molar-refractivity contribution >= 4 is 34.7 Å². The third-order valence-corrected chi connectivity index (χ3v) is 3.89. The maximum atomic E-state index is 13.7. The van der Waals surface area contributed by atoms with Crippen molar-refractivity contribution in [1.82, 2.24) is 0 Å². The molecule has 0 aromatic heterocycles. The van der Waals surface area contributed by atoms with E-state index in [1.807, 2.05) is 0 Å². The van der Waals surface area contributed by atoms with Gasteiger partial charge in [-0.25, -0.2) is 4.39 Å². The van der Waals surface area contributed by atoms with Gasteiger partial charge >= 0.3 is 0 Å². The first-order valence-corrected chi connectivity index (χ1v) is 6.59. The minimum atomic E-state index is -0.680. The predicted molar refractivity (Wildman–Crippen MR) is 67.4 cm³/mol. The summed E-state index contributed by atoms with van der Waals surface area (Å²) >= 11 is 7.35. The Morgan fingerprint density at radius 2 is 2.35 bits per heavy atom. The largest absolute Gasteiger partial charge is 0.373 e. The Bertz CT molecular complexity index is 452. The van der Waals surface area contributed by atoms with Gasteiger partial charge < -0.3 is 5.32 Å². The van der Waals surface area contributed by atoms with Gasteiger partial charge in [0.25, 0.3) is 5.69 Å². The van der Waals surface area contributed by atoms with Crippen molar-refractivity contribution in [1.29, 1.82) is 0 Å². The molecule has 17 heavy (non-hydrogen) atoms. The molecule has 1 aliphatic rings. The number of nitro benzene ring substituents is 1. The van der Waals surface area contributed by atoms with Crippen LogP contribution in [0.15, 0.2) is 12.1 Å². The monoisotopic (exact) mass is 276 g/mol. The van der Waals surface area contributed by atoms with Crippen LogP contribution in [-0.4, -0.2) is 22.5 Å². The lowest BCUT2D eigenvalue weighted by Crippen LogP contribution is -2.19. The number of nitrogens with one attached hydrogen (secondary N) is 1. The minimum Gasteiger partial charge on any atom is -0.373 e. The molecule has 1 atom stereocenters. The Morgan fingerprint density at radius 1 is 1.59 bits per heavy atom. The standard InChI is InChI=1S/C10H10ClFN2O2S/c11-6-3-8(12)10(9(4-6)14(15)16)13-7-1-2-17-5-7/h3-4,7,13H,1-2,5H2. The average molecular weight is 277 g/mol. The normalized spacial score (nSPS) is 19.3. The number of benzene rings is 1. The van der Waals surface area contributed by atoms with E-state index in [1.165, 1.54) is 0 Å². The maximum Gasteiger partial charge on any atom is 0.296 e. The number of anilines is 1. The highest BCUT2D eigenvalue weighted by molar-refractivity contribution is 7.99. The van der Waals surface area contributed by atoms with Gasteiger partial charge in [-0.2, -0.15) is 11.8 Å². The summed E-state index contributed by atoms with van der Waals surface area (Å²) in [5.74, 6) is 1.14. The second-order valence-corrected chi connectivity index (χ2v) is 5.33. The molecule has 0 amide bonds. The molecule has 0 spiro atoms. The van der Waals surface area contributed by atoms with Crippen LogP contribution in [0.5, 0.6) is 0 Å². The molecule has 4 nitrogen and oxygen atoms in total. The fraction of sp³-hybridized carbons (Fsp3) is 0.400. The van der Waals surface area contributed by atoms with E-state index in [4.69, 9.17) is 11.6 Å². The minimum absolute atomic E-state index is 0.0283. The van der Waals surface area contributed by atoms with Crippen LogP contribution in [-0.2, 0) is 0 Å². The van der Waals surface area contributed by atoms with Gasteiger partial charge in [0, 0.05) is 17.9 Å².